The lowest BCUT2D eigenvalue weighted by atomic mass is 10.1. The van der Waals surface area contributed by atoms with Crippen molar-refractivity contribution in [3.63, 3.8) is 0 Å². The van der Waals surface area contributed by atoms with Crippen LogP contribution in [-0.2, 0) is 11.2 Å². The van der Waals surface area contributed by atoms with Crippen LogP contribution >= 0.6 is 11.8 Å². The van der Waals surface area contributed by atoms with E-state index in [2.05, 4.69) is 20.5 Å². The summed E-state index contributed by atoms with van der Waals surface area (Å²) in [7, 11) is 0. The van der Waals surface area contributed by atoms with Crippen molar-refractivity contribution in [3.8, 4) is 11.4 Å². The molecule has 2 N–H and O–H groups in total. The number of hydrogen-bond acceptors (Lipinski definition) is 5. The summed E-state index contributed by atoms with van der Waals surface area (Å²) in [5, 5.41) is 11.6. The summed E-state index contributed by atoms with van der Waals surface area (Å²) in [5.41, 5.74) is 2.70. The van der Waals surface area contributed by atoms with Gasteiger partial charge in [-0.05, 0) is 12.0 Å². The van der Waals surface area contributed by atoms with Gasteiger partial charge >= 0.3 is 0 Å². The average Bonchev–Trinajstić information content (AvgIpc) is 3.16. The lowest BCUT2D eigenvalue weighted by Gasteiger charge is -2.04. The van der Waals surface area contributed by atoms with E-state index in [9.17, 15) is 9.59 Å². The first-order valence-corrected chi connectivity index (χ1v) is 9.58. The summed E-state index contributed by atoms with van der Waals surface area (Å²) in [4.78, 5) is 26.4. The number of Topliss-reactive ketones (excluding diaryl/α,β-unsaturated/α-hetero) is 1. The molecule has 0 bridgehead atoms. The molecule has 0 fully saturated rings. The fourth-order valence-electron chi connectivity index (χ4n) is 2.49. The monoisotopic (exact) mass is 380 g/mol. The molecule has 1 aromatic heterocycles. The molecule has 6 nitrogen and oxygen atoms in total. The third-order valence-electron chi connectivity index (χ3n) is 3.92. The number of nitrogens with zero attached hydrogens (tertiary/aromatic N) is 2. The fraction of sp³-hybridized carbons (Fsp3) is 0.200. The van der Waals surface area contributed by atoms with Crippen LogP contribution in [0, 0.1) is 0 Å². The highest BCUT2D eigenvalue weighted by Crippen LogP contribution is 2.20. The summed E-state index contributed by atoms with van der Waals surface area (Å²) in [6.45, 7) is 2.09. The molecule has 0 saturated carbocycles. The number of carbonyl (C=O) groups excluding carboxylic acids is 2. The van der Waals surface area contributed by atoms with Crippen molar-refractivity contribution >= 4 is 23.5 Å². The van der Waals surface area contributed by atoms with Crippen molar-refractivity contribution in [3.05, 3.63) is 65.7 Å². The molecule has 7 heteroatoms. The maximum atomic E-state index is 12.4. The summed E-state index contributed by atoms with van der Waals surface area (Å²) in [5.74, 6) is 0.969. The fourth-order valence-corrected chi connectivity index (χ4v) is 3.20. The minimum absolute atomic E-state index is 0.0334. The molecule has 0 aliphatic heterocycles. The van der Waals surface area contributed by atoms with Gasteiger partial charge in [0.15, 0.2) is 16.8 Å². The predicted molar refractivity (Wildman–Crippen MR) is 106 cm³/mol. The number of nitrogens with one attached hydrogen (secondary N) is 2. The van der Waals surface area contributed by atoms with Crippen molar-refractivity contribution in [1.29, 1.82) is 0 Å². The number of aromatic nitrogens is 3. The summed E-state index contributed by atoms with van der Waals surface area (Å²) in [6.07, 6.45) is 0.739. The Balaban J connectivity index is 1.52. The van der Waals surface area contributed by atoms with E-state index in [1.165, 1.54) is 18.7 Å². The van der Waals surface area contributed by atoms with Gasteiger partial charge in [-0.15, -0.1) is 10.2 Å². The molecule has 2 aromatic carbocycles. The van der Waals surface area contributed by atoms with Gasteiger partial charge in [-0.3, -0.25) is 9.59 Å². The van der Waals surface area contributed by atoms with Gasteiger partial charge in [0, 0.05) is 24.6 Å². The smallest absolute Gasteiger partial charge is 0.216 e. The molecular formula is C20H20N4O2S. The van der Waals surface area contributed by atoms with Crippen LogP contribution < -0.4 is 5.32 Å². The highest BCUT2D eigenvalue weighted by Gasteiger charge is 2.10. The van der Waals surface area contributed by atoms with E-state index in [1.54, 1.807) is 0 Å². The number of hydrogen-bond donors (Lipinski definition) is 2. The maximum Gasteiger partial charge on any atom is 0.216 e. The van der Waals surface area contributed by atoms with Crippen LogP contribution in [0.3, 0.4) is 0 Å². The van der Waals surface area contributed by atoms with Crippen molar-refractivity contribution in [2.45, 2.75) is 18.5 Å². The van der Waals surface area contributed by atoms with E-state index in [0.717, 1.165) is 17.5 Å². The van der Waals surface area contributed by atoms with Gasteiger partial charge in [-0.1, -0.05) is 66.4 Å². The van der Waals surface area contributed by atoms with Gasteiger partial charge < -0.3 is 10.3 Å². The number of ketones is 1. The largest absolute Gasteiger partial charge is 0.356 e. The molecule has 0 saturated heterocycles. The van der Waals surface area contributed by atoms with Crippen molar-refractivity contribution in [1.82, 2.24) is 20.5 Å². The Hall–Kier alpha value is -2.93. The average molecular weight is 380 g/mol. The van der Waals surface area contributed by atoms with Crippen LogP contribution in [0.1, 0.15) is 22.8 Å². The Labute approximate surface area is 161 Å². The number of rotatable bonds is 8. The minimum atomic E-state index is -0.0401. The highest BCUT2D eigenvalue weighted by atomic mass is 32.2. The molecule has 0 spiro atoms. The molecule has 0 atom stereocenters. The lowest BCUT2D eigenvalue weighted by molar-refractivity contribution is -0.118. The molecule has 3 aromatic rings. The third-order valence-corrected chi connectivity index (χ3v) is 4.78. The molecule has 0 aliphatic rings. The van der Waals surface area contributed by atoms with E-state index in [1.807, 2.05) is 54.6 Å². The molecule has 3 rings (SSSR count). The first-order chi connectivity index (χ1) is 13.1. The molecule has 27 heavy (non-hydrogen) atoms. The molecule has 0 aliphatic carbocycles. The zero-order valence-corrected chi connectivity index (χ0v) is 15.8. The second-order valence-electron chi connectivity index (χ2n) is 5.99. The van der Waals surface area contributed by atoms with Crippen molar-refractivity contribution < 1.29 is 9.59 Å². The zero-order valence-electron chi connectivity index (χ0n) is 14.9. The van der Waals surface area contributed by atoms with Crippen molar-refractivity contribution in [2.24, 2.45) is 0 Å². The Morgan fingerprint density at radius 3 is 2.48 bits per heavy atom. The number of H-pyrrole nitrogens is 1. The quantitative estimate of drug-likeness (QED) is 0.463. The standard InChI is InChI=1S/C20H20N4O2S/c1-14(25)21-12-11-15-7-9-16(10-8-15)18(26)13-27-20-22-19(23-24-20)17-5-3-2-4-6-17/h2-10H,11-13H2,1H3,(H,21,25)(H,22,23,24). The number of benzene rings is 2. The Morgan fingerprint density at radius 1 is 1.04 bits per heavy atom. The topological polar surface area (TPSA) is 87.7 Å². The third kappa shape index (κ3) is 5.52. The van der Waals surface area contributed by atoms with Gasteiger partial charge in [0.1, 0.15) is 0 Å². The zero-order chi connectivity index (χ0) is 19.1. The normalized spacial score (nSPS) is 10.6. The minimum Gasteiger partial charge on any atom is -0.356 e. The first-order valence-electron chi connectivity index (χ1n) is 8.59. The van der Waals surface area contributed by atoms with Gasteiger partial charge in [0.2, 0.25) is 5.91 Å². The molecule has 1 heterocycles. The summed E-state index contributed by atoms with van der Waals surface area (Å²) < 4.78 is 0. The number of carbonyl (C=O) groups is 2. The van der Waals surface area contributed by atoms with Crippen LogP contribution in [0.2, 0.25) is 0 Å². The van der Waals surface area contributed by atoms with Gasteiger partial charge in [0.05, 0.1) is 5.75 Å². The van der Waals surface area contributed by atoms with Gasteiger partial charge in [-0.25, -0.2) is 0 Å². The highest BCUT2D eigenvalue weighted by molar-refractivity contribution is 7.99. The first kappa shape index (κ1) is 18.8. The van der Waals surface area contributed by atoms with E-state index >= 15 is 0 Å². The number of aromatic amines is 1. The summed E-state index contributed by atoms with van der Waals surface area (Å²) >= 11 is 1.33. The Bertz CT molecular complexity index is 907. The van der Waals surface area contributed by atoms with E-state index < -0.39 is 0 Å². The van der Waals surface area contributed by atoms with Gasteiger partial charge in [-0.2, -0.15) is 0 Å². The Kier molecular flexibility index (Phi) is 6.38. The molecule has 0 unspecified atom stereocenters. The predicted octanol–water partition coefficient (Wildman–Crippen LogP) is 3.13. The molecule has 0 radical (unpaired) electrons. The van der Waals surface area contributed by atoms with Crippen LogP contribution in [0.4, 0.5) is 0 Å². The van der Waals surface area contributed by atoms with Gasteiger partial charge in [0.25, 0.3) is 0 Å². The SMILES string of the molecule is CC(=O)NCCc1ccc(C(=O)CSc2nnc(-c3ccccc3)[nH]2)cc1. The second kappa shape index (κ2) is 9.14. The lowest BCUT2D eigenvalue weighted by Crippen LogP contribution is -2.22. The molecule has 138 valence electrons. The maximum absolute atomic E-state index is 12.4. The number of thioether (sulfide) groups is 1. The number of amides is 1. The van der Waals surface area contributed by atoms with E-state index in [4.69, 9.17) is 0 Å². The van der Waals surface area contributed by atoms with Crippen LogP contribution in [0.5, 0.6) is 0 Å². The summed E-state index contributed by atoms with van der Waals surface area (Å²) in [6, 6.07) is 17.2. The van der Waals surface area contributed by atoms with Crippen LogP contribution in [0.25, 0.3) is 11.4 Å². The Morgan fingerprint density at radius 2 is 1.78 bits per heavy atom. The second-order valence-corrected chi connectivity index (χ2v) is 6.95. The van der Waals surface area contributed by atoms with Crippen LogP contribution in [-0.4, -0.2) is 39.2 Å². The van der Waals surface area contributed by atoms with E-state index in [-0.39, 0.29) is 17.4 Å². The molecule has 1 amide bonds. The van der Waals surface area contributed by atoms with Crippen LogP contribution in [0.15, 0.2) is 59.8 Å². The molecular weight excluding hydrogens is 360 g/mol. The van der Waals surface area contributed by atoms with E-state index in [0.29, 0.717) is 23.1 Å². The van der Waals surface area contributed by atoms with Crippen molar-refractivity contribution in [2.75, 3.05) is 12.3 Å².